The molecule has 0 saturated heterocycles. The van der Waals surface area contributed by atoms with Crippen molar-refractivity contribution < 1.29 is 18.7 Å². The van der Waals surface area contributed by atoms with E-state index in [0.29, 0.717) is 22.5 Å². The molecule has 0 amide bonds. The average Bonchev–Trinajstić information content (AvgIpc) is 3.04. The zero-order chi connectivity index (χ0) is 19.0. The van der Waals surface area contributed by atoms with Crippen LogP contribution in [0.2, 0.25) is 0 Å². The van der Waals surface area contributed by atoms with Crippen molar-refractivity contribution in [3.05, 3.63) is 54.4 Å². The minimum absolute atomic E-state index is 0.139. The number of methoxy groups -OCH3 is 1. The number of benzene rings is 2. The summed E-state index contributed by atoms with van der Waals surface area (Å²) < 4.78 is 16.9. The molecule has 0 unspecified atom stereocenters. The Bertz CT molecular complexity index is 1150. The minimum Gasteiger partial charge on any atom is -0.496 e. The molecule has 6 heteroatoms. The highest BCUT2D eigenvalue weighted by Crippen LogP contribution is 2.39. The zero-order valence-electron chi connectivity index (χ0n) is 15.2. The first-order valence-electron chi connectivity index (χ1n) is 8.61. The number of aromatic nitrogens is 2. The zero-order valence-corrected chi connectivity index (χ0v) is 15.2. The number of nitrogens with zero attached hydrogens (tertiary/aromatic N) is 2. The lowest BCUT2D eigenvalue weighted by molar-refractivity contribution is 0.0370. The van der Waals surface area contributed by atoms with Crippen molar-refractivity contribution in [3.63, 3.8) is 0 Å². The van der Waals surface area contributed by atoms with Crippen molar-refractivity contribution in [2.24, 2.45) is 0 Å². The van der Waals surface area contributed by atoms with Crippen LogP contribution in [0.4, 0.5) is 0 Å². The fourth-order valence-electron chi connectivity index (χ4n) is 3.10. The molecule has 0 atom stereocenters. The molecular weight excluding hydrogens is 344 g/mol. The first-order valence-corrected chi connectivity index (χ1v) is 8.61. The Morgan fingerprint density at radius 2 is 1.85 bits per heavy atom. The predicted molar refractivity (Wildman–Crippen MR) is 102 cm³/mol. The number of para-hydroxylation sites is 1. The third-order valence-corrected chi connectivity index (χ3v) is 4.25. The second kappa shape index (κ2) is 6.72. The smallest absolute Gasteiger partial charge is 0.359 e. The van der Waals surface area contributed by atoms with Crippen LogP contribution in [-0.4, -0.2) is 29.4 Å². The number of fused-ring (bicyclic) bond motifs is 3. The van der Waals surface area contributed by atoms with Crippen molar-refractivity contribution in [2.75, 3.05) is 7.11 Å². The first-order chi connectivity index (χ1) is 13.1. The molecule has 0 fully saturated rings. The number of hydrogen-bond acceptors (Lipinski definition) is 6. The third kappa shape index (κ3) is 2.99. The summed E-state index contributed by atoms with van der Waals surface area (Å²) in [6.07, 6.45) is 1.27. The largest absolute Gasteiger partial charge is 0.496 e. The monoisotopic (exact) mass is 362 g/mol. The van der Waals surface area contributed by atoms with E-state index in [1.807, 2.05) is 36.4 Å². The van der Waals surface area contributed by atoms with Gasteiger partial charge in [0, 0.05) is 21.9 Å². The van der Waals surface area contributed by atoms with Crippen LogP contribution in [0, 0.1) is 0 Å². The van der Waals surface area contributed by atoms with Crippen molar-refractivity contribution in [2.45, 2.75) is 20.0 Å². The Hall–Kier alpha value is -3.41. The highest BCUT2D eigenvalue weighted by molar-refractivity contribution is 6.07. The molecule has 6 nitrogen and oxygen atoms in total. The number of rotatable bonds is 4. The maximum absolute atomic E-state index is 12.5. The molecule has 0 aliphatic heterocycles. The van der Waals surface area contributed by atoms with Gasteiger partial charge in [0.1, 0.15) is 16.9 Å². The van der Waals surface area contributed by atoms with Gasteiger partial charge >= 0.3 is 5.97 Å². The van der Waals surface area contributed by atoms with E-state index in [1.165, 1.54) is 6.20 Å². The molecule has 27 heavy (non-hydrogen) atoms. The number of carbonyl (C=O) groups is 1. The first kappa shape index (κ1) is 17.0. The van der Waals surface area contributed by atoms with Gasteiger partial charge in [-0.15, -0.1) is 5.10 Å². The van der Waals surface area contributed by atoms with E-state index in [0.717, 1.165) is 16.4 Å². The number of hydrogen-bond donors (Lipinski definition) is 0. The van der Waals surface area contributed by atoms with Crippen LogP contribution in [0.15, 0.2) is 53.1 Å². The molecule has 0 aliphatic rings. The second-order valence-corrected chi connectivity index (χ2v) is 6.39. The predicted octanol–water partition coefficient (Wildman–Crippen LogP) is 4.62. The molecule has 4 rings (SSSR count). The molecule has 0 aliphatic carbocycles. The summed E-state index contributed by atoms with van der Waals surface area (Å²) in [7, 11) is 1.59. The molecule has 0 radical (unpaired) electrons. The molecule has 2 heterocycles. The maximum atomic E-state index is 12.5. The summed E-state index contributed by atoms with van der Waals surface area (Å²) in [4.78, 5) is 12.5. The number of carbonyl (C=O) groups excluding carboxylic acids is 1. The van der Waals surface area contributed by atoms with Crippen LogP contribution in [0.3, 0.4) is 0 Å². The molecule has 4 aromatic rings. The highest BCUT2D eigenvalue weighted by atomic mass is 16.5. The van der Waals surface area contributed by atoms with Crippen LogP contribution < -0.4 is 4.74 Å². The Morgan fingerprint density at radius 3 is 2.63 bits per heavy atom. The second-order valence-electron chi connectivity index (χ2n) is 6.39. The van der Waals surface area contributed by atoms with E-state index >= 15 is 0 Å². The summed E-state index contributed by atoms with van der Waals surface area (Å²) in [5.74, 6) is 0.0838. The maximum Gasteiger partial charge on any atom is 0.359 e. The van der Waals surface area contributed by atoms with Gasteiger partial charge in [0.05, 0.1) is 19.4 Å². The Balaban J connectivity index is 1.94. The van der Waals surface area contributed by atoms with Crippen LogP contribution in [0.25, 0.3) is 33.1 Å². The van der Waals surface area contributed by atoms with E-state index in [9.17, 15) is 4.79 Å². The number of furan rings is 1. The average molecular weight is 362 g/mol. The summed E-state index contributed by atoms with van der Waals surface area (Å²) in [6, 6.07) is 13.3. The lowest BCUT2D eigenvalue weighted by atomic mass is 10.0. The number of ether oxygens (including phenoxy) is 2. The van der Waals surface area contributed by atoms with Gasteiger partial charge in [-0.05, 0) is 38.1 Å². The molecule has 0 N–H and O–H groups in total. The molecule has 2 aromatic carbocycles. The van der Waals surface area contributed by atoms with Gasteiger partial charge in [-0.3, -0.25) is 0 Å². The van der Waals surface area contributed by atoms with E-state index in [1.54, 1.807) is 27.0 Å². The Morgan fingerprint density at radius 1 is 1.04 bits per heavy atom. The van der Waals surface area contributed by atoms with Crippen LogP contribution >= 0.6 is 0 Å². The Kier molecular flexibility index (Phi) is 4.24. The molecule has 0 spiro atoms. The van der Waals surface area contributed by atoms with Crippen molar-refractivity contribution in [3.8, 4) is 16.9 Å². The molecular formula is C21H18N2O4. The van der Waals surface area contributed by atoms with E-state index < -0.39 is 5.97 Å². The van der Waals surface area contributed by atoms with E-state index in [-0.39, 0.29) is 11.8 Å². The lowest BCUT2D eigenvalue weighted by Gasteiger charge is -2.13. The summed E-state index contributed by atoms with van der Waals surface area (Å²) in [6.45, 7) is 3.57. The fourth-order valence-corrected chi connectivity index (χ4v) is 3.10. The van der Waals surface area contributed by atoms with Gasteiger partial charge < -0.3 is 13.9 Å². The molecule has 2 aromatic heterocycles. The van der Waals surface area contributed by atoms with Gasteiger partial charge in [-0.2, -0.15) is 5.10 Å². The Labute approximate surface area is 155 Å². The summed E-state index contributed by atoms with van der Waals surface area (Å²) >= 11 is 0. The van der Waals surface area contributed by atoms with Gasteiger partial charge in [-0.25, -0.2) is 4.79 Å². The lowest BCUT2D eigenvalue weighted by Crippen LogP contribution is -2.15. The van der Waals surface area contributed by atoms with Gasteiger partial charge in [0.15, 0.2) is 5.69 Å². The molecule has 0 bridgehead atoms. The SMILES string of the molecule is COc1cc2c(cc1-c1ccnnc1C(=O)OC(C)C)oc1ccccc12. The molecule has 0 saturated carbocycles. The van der Waals surface area contributed by atoms with E-state index in [4.69, 9.17) is 13.9 Å². The topological polar surface area (TPSA) is 74.5 Å². The third-order valence-electron chi connectivity index (χ3n) is 4.25. The quantitative estimate of drug-likeness (QED) is 0.493. The van der Waals surface area contributed by atoms with Crippen LogP contribution in [0.1, 0.15) is 24.3 Å². The standard InChI is InChI=1S/C21H18N2O4/c1-12(2)26-21(24)20-14(8-9-22-23-20)16-11-19-15(10-18(16)25-3)13-6-4-5-7-17(13)27-19/h4-12H,1-3H3. The van der Waals surface area contributed by atoms with Crippen LogP contribution in [0.5, 0.6) is 5.75 Å². The van der Waals surface area contributed by atoms with Crippen molar-refractivity contribution >= 4 is 27.9 Å². The highest BCUT2D eigenvalue weighted by Gasteiger charge is 2.21. The van der Waals surface area contributed by atoms with E-state index in [2.05, 4.69) is 10.2 Å². The minimum atomic E-state index is -0.528. The van der Waals surface area contributed by atoms with Crippen molar-refractivity contribution in [1.82, 2.24) is 10.2 Å². The van der Waals surface area contributed by atoms with Gasteiger partial charge in [-0.1, -0.05) is 18.2 Å². The van der Waals surface area contributed by atoms with Crippen LogP contribution in [-0.2, 0) is 4.74 Å². The normalized spacial score (nSPS) is 11.3. The van der Waals surface area contributed by atoms with Gasteiger partial charge in [0.25, 0.3) is 0 Å². The van der Waals surface area contributed by atoms with Crippen molar-refractivity contribution in [1.29, 1.82) is 0 Å². The molecule has 136 valence electrons. The summed E-state index contributed by atoms with van der Waals surface area (Å²) in [5.41, 5.74) is 2.90. The fraction of sp³-hybridized carbons (Fsp3) is 0.190. The summed E-state index contributed by atoms with van der Waals surface area (Å²) in [5, 5.41) is 9.78. The van der Waals surface area contributed by atoms with Gasteiger partial charge in [0.2, 0.25) is 0 Å². The number of esters is 1.